The minimum absolute atomic E-state index is 0.00236. The maximum absolute atomic E-state index is 14.2. The number of aryl methyl sites for hydroxylation is 1. The second kappa shape index (κ2) is 16.3. The van der Waals surface area contributed by atoms with Gasteiger partial charge in [0.2, 0.25) is 0 Å². The van der Waals surface area contributed by atoms with Crippen LogP contribution in [0.5, 0.6) is 5.75 Å². The van der Waals surface area contributed by atoms with Gasteiger partial charge in [-0.2, -0.15) is 13.2 Å². The third-order valence-corrected chi connectivity index (χ3v) is 9.06. The van der Waals surface area contributed by atoms with Gasteiger partial charge in [-0.1, -0.05) is 123 Å². The third-order valence-electron chi connectivity index (χ3n) is 9.06. The summed E-state index contributed by atoms with van der Waals surface area (Å²) in [5.74, 6) is 1.15. The second-order valence-electron chi connectivity index (χ2n) is 17.0. The molecule has 3 aromatic carbocycles. The molecule has 0 spiro atoms. The van der Waals surface area contributed by atoms with Gasteiger partial charge in [0.25, 0.3) is 0 Å². The van der Waals surface area contributed by atoms with E-state index in [9.17, 15) is 13.2 Å². The monoisotopic (exact) mass is 666 g/mol. The van der Waals surface area contributed by atoms with Crippen molar-refractivity contribution in [2.45, 2.75) is 133 Å². The third kappa shape index (κ3) is 12.6. The fourth-order valence-corrected chi connectivity index (χ4v) is 6.77. The predicted molar refractivity (Wildman–Crippen MR) is 195 cm³/mol. The van der Waals surface area contributed by atoms with Crippen molar-refractivity contribution in [3.8, 4) is 5.75 Å². The van der Waals surface area contributed by atoms with Crippen molar-refractivity contribution in [1.29, 1.82) is 0 Å². The van der Waals surface area contributed by atoms with Gasteiger partial charge in [0.15, 0.2) is 6.29 Å². The molecular weight excluding hydrogens is 605 g/mol. The van der Waals surface area contributed by atoms with Crippen LogP contribution in [-0.4, -0.2) is 12.9 Å². The average Bonchev–Trinajstić information content (AvgIpc) is 2.93. The first-order chi connectivity index (χ1) is 22.1. The molecule has 0 amide bonds. The minimum atomic E-state index is -4.53. The van der Waals surface area contributed by atoms with Crippen LogP contribution in [0, 0.1) is 29.6 Å². The Morgan fingerprint density at radius 3 is 1.67 bits per heavy atom. The van der Waals surface area contributed by atoms with E-state index >= 15 is 0 Å². The largest absolute Gasteiger partial charge is 0.465 e. The van der Waals surface area contributed by atoms with Crippen molar-refractivity contribution < 1.29 is 22.6 Å². The quantitative estimate of drug-likeness (QED) is 0.159. The van der Waals surface area contributed by atoms with Crippen LogP contribution >= 0.6 is 0 Å². The highest BCUT2D eigenvalue weighted by Gasteiger charge is 2.36. The molecule has 3 unspecified atom stereocenters. The summed E-state index contributed by atoms with van der Waals surface area (Å²) in [6.07, 6.45) is -1.94. The van der Waals surface area contributed by atoms with Gasteiger partial charge in [-0.05, 0) is 114 Å². The molecule has 0 aliphatic rings. The molecule has 3 atom stereocenters. The Balaban J connectivity index is 1.65. The molecule has 0 N–H and O–H groups in total. The molecule has 2 nitrogen and oxygen atoms in total. The van der Waals surface area contributed by atoms with Crippen LogP contribution in [0.4, 0.5) is 13.2 Å². The maximum Gasteiger partial charge on any atom is 0.419 e. The molecule has 0 bridgehead atoms. The minimum Gasteiger partial charge on any atom is -0.465 e. The van der Waals surface area contributed by atoms with Crippen LogP contribution in [0.15, 0.2) is 60.7 Å². The van der Waals surface area contributed by atoms with E-state index in [1.54, 1.807) is 13.0 Å². The van der Waals surface area contributed by atoms with Crippen LogP contribution in [0.2, 0.25) is 0 Å². The van der Waals surface area contributed by atoms with Crippen LogP contribution in [0.1, 0.15) is 140 Å². The number of hydrogen-bond donors (Lipinski definition) is 0. The molecule has 266 valence electrons. The molecular formula is C43H61F3O2. The Bertz CT molecular complexity index is 1440. The summed E-state index contributed by atoms with van der Waals surface area (Å²) in [5, 5.41) is 0. The van der Waals surface area contributed by atoms with E-state index in [1.165, 1.54) is 34.4 Å². The molecule has 0 saturated heterocycles. The molecule has 0 saturated carbocycles. The zero-order valence-electron chi connectivity index (χ0n) is 31.6. The highest BCUT2D eigenvalue weighted by molar-refractivity contribution is 5.41. The lowest BCUT2D eigenvalue weighted by Crippen LogP contribution is -2.21. The van der Waals surface area contributed by atoms with Gasteiger partial charge < -0.3 is 9.47 Å². The highest BCUT2D eigenvalue weighted by Crippen LogP contribution is 2.42. The summed E-state index contributed by atoms with van der Waals surface area (Å²) in [6.45, 7) is 26.1. The van der Waals surface area contributed by atoms with E-state index in [0.29, 0.717) is 30.4 Å². The number of benzene rings is 3. The van der Waals surface area contributed by atoms with E-state index in [0.717, 1.165) is 24.8 Å². The average molecular weight is 667 g/mol. The Hall–Kier alpha value is -2.79. The highest BCUT2D eigenvalue weighted by atomic mass is 19.4. The van der Waals surface area contributed by atoms with Gasteiger partial charge in [0, 0.05) is 0 Å². The van der Waals surface area contributed by atoms with Crippen LogP contribution in [-0.2, 0) is 23.8 Å². The summed E-state index contributed by atoms with van der Waals surface area (Å²) < 4.78 is 54.3. The smallest absolute Gasteiger partial charge is 0.419 e. The number of ether oxygens (including phenoxy) is 2. The van der Waals surface area contributed by atoms with Gasteiger partial charge in [-0.3, -0.25) is 0 Å². The number of halogens is 3. The fourth-order valence-electron chi connectivity index (χ4n) is 6.77. The molecule has 0 radical (unpaired) electrons. The molecule has 3 rings (SSSR count). The number of rotatable bonds is 14. The zero-order valence-corrected chi connectivity index (χ0v) is 31.6. The topological polar surface area (TPSA) is 18.5 Å². The van der Waals surface area contributed by atoms with Gasteiger partial charge in [-0.15, -0.1) is 0 Å². The maximum atomic E-state index is 14.2. The first kappa shape index (κ1) is 39.6. The first-order valence-corrected chi connectivity index (χ1v) is 17.8. The van der Waals surface area contributed by atoms with Gasteiger partial charge >= 0.3 is 6.18 Å². The van der Waals surface area contributed by atoms with E-state index in [4.69, 9.17) is 9.47 Å². The summed E-state index contributed by atoms with van der Waals surface area (Å²) >= 11 is 0. The van der Waals surface area contributed by atoms with Crippen molar-refractivity contribution in [3.63, 3.8) is 0 Å². The van der Waals surface area contributed by atoms with E-state index in [1.807, 2.05) is 0 Å². The number of hydrogen-bond acceptors (Lipinski definition) is 2. The van der Waals surface area contributed by atoms with E-state index in [-0.39, 0.29) is 28.4 Å². The van der Waals surface area contributed by atoms with Crippen molar-refractivity contribution in [2.75, 3.05) is 6.61 Å². The summed E-state index contributed by atoms with van der Waals surface area (Å²) in [7, 11) is 0. The van der Waals surface area contributed by atoms with Crippen molar-refractivity contribution in [2.24, 2.45) is 22.7 Å². The van der Waals surface area contributed by atoms with Gasteiger partial charge in [0.05, 0.1) is 12.2 Å². The number of alkyl halides is 3. The second-order valence-corrected chi connectivity index (χ2v) is 17.0. The normalized spacial score (nSPS) is 14.8. The van der Waals surface area contributed by atoms with Crippen molar-refractivity contribution >= 4 is 0 Å². The lowest BCUT2D eigenvalue weighted by atomic mass is 9.76. The van der Waals surface area contributed by atoms with Crippen LogP contribution in [0.25, 0.3) is 0 Å². The van der Waals surface area contributed by atoms with Crippen LogP contribution in [0.3, 0.4) is 0 Å². The standard InChI is InChI=1S/C43H61F3O2/c1-28(2)37(26-41(7,8)9)35-15-13-32(14-16-35)23-34-22-30(5)21-33(24-34)19-20-47-31(6)48-40-18-17-36(25-39(40)43(44,45)46)38(29(3)4)27-42(10,11)12/h13-18,21-22,24-25,28-29,31,37-38H,19-20,23,26-27H2,1-12H3. The Labute approximate surface area is 289 Å². The predicted octanol–water partition coefficient (Wildman–Crippen LogP) is 12.9. The van der Waals surface area contributed by atoms with E-state index in [2.05, 4.69) is 119 Å². The van der Waals surface area contributed by atoms with E-state index < -0.39 is 18.0 Å². The fraction of sp³-hybridized carbons (Fsp3) is 0.581. The molecule has 0 aromatic heterocycles. The lowest BCUT2D eigenvalue weighted by Gasteiger charge is -2.30. The summed E-state index contributed by atoms with van der Waals surface area (Å²) in [6, 6.07) is 20.2. The molecule has 48 heavy (non-hydrogen) atoms. The first-order valence-electron chi connectivity index (χ1n) is 17.8. The van der Waals surface area contributed by atoms with Crippen molar-refractivity contribution in [1.82, 2.24) is 0 Å². The molecule has 5 heteroatoms. The Kier molecular flexibility index (Phi) is 13.4. The molecule has 3 aromatic rings. The zero-order chi connectivity index (χ0) is 36.0. The Morgan fingerprint density at radius 2 is 1.15 bits per heavy atom. The Morgan fingerprint density at radius 1 is 0.625 bits per heavy atom. The SMILES string of the molecule is Cc1cc(CCOC(C)Oc2ccc(C(CC(C)(C)C)C(C)C)cc2C(F)(F)F)cc(Cc2ccc(C(CC(C)(C)C)C(C)C)cc2)c1. The molecule has 0 fully saturated rings. The van der Waals surface area contributed by atoms with Crippen LogP contribution < -0.4 is 4.74 Å². The summed E-state index contributed by atoms with van der Waals surface area (Å²) in [4.78, 5) is 0. The lowest BCUT2D eigenvalue weighted by molar-refractivity contribution is -0.142. The van der Waals surface area contributed by atoms with Gasteiger partial charge in [-0.25, -0.2) is 0 Å². The molecule has 0 aliphatic heterocycles. The molecule has 0 heterocycles. The summed E-state index contributed by atoms with van der Waals surface area (Å²) in [5.41, 5.74) is 6.44. The molecule has 0 aliphatic carbocycles. The van der Waals surface area contributed by atoms with Crippen molar-refractivity contribution in [3.05, 3.63) is 99.6 Å². The van der Waals surface area contributed by atoms with Gasteiger partial charge in [0.1, 0.15) is 5.75 Å².